The van der Waals surface area contributed by atoms with Gasteiger partial charge in [-0.1, -0.05) is 30.3 Å². The maximum atomic E-state index is 13.0. The van der Waals surface area contributed by atoms with Crippen LogP contribution in [0.1, 0.15) is 29.2 Å². The lowest BCUT2D eigenvalue weighted by Crippen LogP contribution is -2.36. The molecule has 9 nitrogen and oxygen atoms in total. The summed E-state index contributed by atoms with van der Waals surface area (Å²) in [4.78, 5) is 16.2. The minimum absolute atomic E-state index is 0.0870. The Bertz CT molecular complexity index is 1740. The van der Waals surface area contributed by atoms with Crippen molar-refractivity contribution >= 4 is 21.7 Å². The zero-order chi connectivity index (χ0) is 31.3. The number of anilines is 1. The summed E-state index contributed by atoms with van der Waals surface area (Å²) in [7, 11) is -4.34. The fourth-order valence-corrected chi connectivity index (χ4v) is 5.75. The van der Waals surface area contributed by atoms with Crippen LogP contribution in [0.15, 0.2) is 96.2 Å². The average Bonchev–Trinajstić information content (AvgIpc) is 3.00. The highest BCUT2D eigenvalue weighted by molar-refractivity contribution is 7.90. The summed E-state index contributed by atoms with van der Waals surface area (Å²) in [6, 6.07) is 17.8. The molecule has 1 aromatic heterocycles. The van der Waals surface area contributed by atoms with Gasteiger partial charge in [-0.15, -0.1) is 0 Å². The fraction of sp³-hybridized carbons (Fsp3) is 0.226. The molecule has 44 heavy (non-hydrogen) atoms. The Morgan fingerprint density at radius 1 is 1.02 bits per heavy atom. The van der Waals surface area contributed by atoms with Crippen molar-refractivity contribution in [2.75, 3.05) is 18.4 Å². The number of aliphatic hydroxyl groups excluding tert-OH is 1. The van der Waals surface area contributed by atoms with E-state index >= 15 is 0 Å². The molecule has 0 fully saturated rings. The van der Waals surface area contributed by atoms with Crippen molar-refractivity contribution in [2.45, 2.75) is 36.1 Å². The SMILES string of the molecule is O=C(Nc1cccc(C(F)(F)F)c1)NS(=O)(=O)c1cccc(-c2ccc3c(c2)CC[C@H](CNC[C@H](O)c2cccnc2)O3)c1. The number of urea groups is 1. The molecule has 3 aromatic carbocycles. The first-order valence-corrected chi connectivity index (χ1v) is 15.2. The number of carbonyl (C=O) groups is 1. The largest absolute Gasteiger partial charge is 0.489 e. The zero-order valence-electron chi connectivity index (χ0n) is 23.2. The third-order valence-corrected chi connectivity index (χ3v) is 8.35. The number of benzene rings is 3. The van der Waals surface area contributed by atoms with E-state index in [0.29, 0.717) is 24.7 Å². The number of pyridine rings is 1. The van der Waals surface area contributed by atoms with Gasteiger partial charge in [0.25, 0.3) is 10.0 Å². The molecule has 0 bridgehead atoms. The first-order chi connectivity index (χ1) is 21.0. The molecule has 2 heterocycles. The van der Waals surface area contributed by atoms with E-state index in [1.807, 2.05) is 22.9 Å². The second kappa shape index (κ2) is 13.0. The van der Waals surface area contributed by atoms with E-state index in [1.54, 1.807) is 30.6 Å². The lowest BCUT2D eigenvalue weighted by Gasteiger charge is -2.27. The third kappa shape index (κ3) is 7.73. The second-order valence-electron chi connectivity index (χ2n) is 10.2. The zero-order valence-corrected chi connectivity index (χ0v) is 24.0. The Balaban J connectivity index is 1.20. The number of nitrogens with one attached hydrogen (secondary N) is 3. The molecule has 0 spiro atoms. The maximum absolute atomic E-state index is 13.0. The van der Waals surface area contributed by atoms with Crippen LogP contribution < -0.4 is 20.1 Å². The number of carbonyl (C=O) groups excluding carboxylic acids is 1. The number of ether oxygens (including phenoxy) is 1. The number of halogens is 3. The molecule has 4 aromatic rings. The monoisotopic (exact) mass is 626 g/mol. The van der Waals surface area contributed by atoms with Gasteiger partial charge in [-0.2, -0.15) is 13.2 Å². The molecule has 4 N–H and O–H groups in total. The summed E-state index contributed by atoms with van der Waals surface area (Å²) >= 11 is 0. The highest BCUT2D eigenvalue weighted by Gasteiger charge is 2.30. The average molecular weight is 627 g/mol. The molecule has 13 heteroatoms. The summed E-state index contributed by atoms with van der Waals surface area (Å²) < 4.78 is 72.7. The minimum atomic E-state index is -4.62. The van der Waals surface area contributed by atoms with Gasteiger partial charge in [0.05, 0.1) is 16.6 Å². The molecule has 1 aliphatic rings. The lowest BCUT2D eigenvalue weighted by atomic mass is 9.97. The summed E-state index contributed by atoms with van der Waals surface area (Å²) in [5, 5.41) is 15.7. The van der Waals surface area contributed by atoms with Crippen LogP contribution in [-0.2, 0) is 22.6 Å². The van der Waals surface area contributed by atoms with Crippen LogP contribution in [-0.4, -0.2) is 43.7 Å². The van der Waals surface area contributed by atoms with Crippen LogP contribution in [0.5, 0.6) is 5.75 Å². The molecule has 0 saturated carbocycles. The molecule has 0 saturated heterocycles. The van der Waals surface area contributed by atoms with Crippen molar-refractivity contribution in [1.82, 2.24) is 15.0 Å². The second-order valence-corrected chi connectivity index (χ2v) is 11.9. The Hall–Kier alpha value is -4.46. The predicted molar refractivity (Wildman–Crippen MR) is 157 cm³/mol. The smallest absolute Gasteiger partial charge is 0.416 e. The quantitative estimate of drug-likeness (QED) is 0.199. The standard InChI is InChI=1S/C31H29F3N4O5S/c32-31(33,34)24-6-2-7-25(16-24)37-30(40)38-44(41,42)27-8-1-4-20(15-27)21-10-12-29-22(14-21)9-11-26(43-29)18-36-19-28(39)23-5-3-13-35-17-23/h1-8,10,12-17,26,28,36,39H,9,11,18-19H2,(H2,37,38,40)/t26-,28+/m1/s1. The van der Waals surface area contributed by atoms with Gasteiger partial charge in [-0.25, -0.2) is 17.9 Å². The molecule has 2 amide bonds. The number of sulfonamides is 1. The van der Waals surface area contributed by atoms with E-state index in [2.05, 4.69) is 15.6 Å². The van der Waals surface area contributed by atoms with Crippen molar-refractivity contribution in [2.24, 2.45) is 0 Å². The Morgan fingerprint density at radius 3 is 2.59 bits per heavy atom. The topological polar surface area (TPSA) is 130 Å². The van der Waals surface area contributed by atoms with Crippen LogP contribution >= 0.6 is 0 Å². The number of nitrogens with zero attached hydrogens (tertiary/aromatic N) is 1. The number of aromatic nitrogens is 1. The van der Waals surface area contributed by atoms with Gasteiger partial charge in [0.2, 0.25) is 0 Å². The number of amides is 2. The molecular formula is C31H29F3N4O5S. The fourth-order valence-electron chi connectivity index (χ4n) is 4.79. The van der Waals surface area contributed by atoms with E-state index in [0.717, 1.165) is 47.4 Å². The van der Waals surface area contributed by atoms with Crippen LogP contribution in [0, 0.1) is 0 Å². The molecule has 0 radical (unpaired) electrons. The number of fused-ring (bicyclic) bond motifs is 1. The van der Waals surface area contributed by atoms with Gasteiger partial charge in [0, 0.05) is 36.7 Å². The van der Waals surface area contributed by atoms with Gasteiger partial charge in [-0.3, -0.25) is 4.98 Å². The van der Waals surface area contributed by atoms with Crippen molar-refractivity contribution in [3.63, 3.8) is 0 Å². The normalized spacial score (nSPS) is 15.5. The Labute approximate surface area is 252 Å². The predicted octanol–water partition coefficient (Wildman–Crippen LogP) is 5.29. The van der Waals surface area contributed by atoms with E-state index < -0.39 is 33.9 Å². The molecule has 5 rings (SSSR count). The lowest BCUT2D eigenvalue weighted by molar-refractivity contribution is -0.137. The van der Waals surface area contributed by atoms with E-state index in [-0.39, 0.29) is 16.7 Å². The van der Waals surface area contributed by atoms with Crippen LogP contribution in [0.4, 0.5) is 23.7 Å². The molecular weight excluding hydrogens is 597 g/mol. The van der Waals surface area contributed by atoms with Gasteiger partial charge in [0.15, 0.2) is 0 Å². The van der Waals surface area contributed by atoms with Gasteiger partial charge in [-0.05, 0) is 78.1 Å². The number of hydrogen-bond donors (Lipinski definition) is 4. The maximum Gasteiger partial charge on any atom is 0.416 e. The van der Waals surface area contributed by atoms with Crippen molar-refractivity contribution in [3.8, 4) is 16.9 Å². The molecule has 230 valence electrons. The number of aliphatic hydroxyl groups is 1. The van der Waals surface area contributed by atoms with E-state index in [1.165, 1.54) is 24.3 Å². The van der Waals surface area contributed by atoms with Gasteiger partial charge >= 0.3 is 12.2 Å². The first kappa shape index (κ1) is 31.0. The van der Waals surface area contributed by atoms with Crippen LogP contribution in [0.3, 0.4) is 0 Å². The molecule has 2 atom stereocenters. The van der Waals surface area contributed by atoms with Crippen molar-refractivity contribution in [1.29, 1.82) is 0 Å². The Morgan fingerprint density at radius 2 is 1.82 bits per heavy atom. The summed E-state index contributed by atoms with van der Waals surface area (Å²) in [6.07, 6.45) is -0.636. The van der Waals surface area contributed by atoms with Crippen molar-refractivity contribution < 1.29 is 36.2 Å². The minimum Gasteiger partial charge on any atom is -0.489 e. The summed E-state index contributed by atoms with van der Waals surface area (Å²) in [6.45, 7) is 0.908. The molecule has 0 unspecified atom stereocenters. The highest BCUT2D eigenvalue weighted by Crippen LogP contribution is 2.33. The number of aryl methyl sites for hydroxylation is 1. The number of hydrogen-bond acceptors (Lipinski definition) is 7. The number of rotatable bonds is 9. The summed E-state index contributed by atoms with van der Waals surface area (Å²) in [5.74, 6) is 0.719. The number of alkyl halides is 3. The van der Waals surface area contributed by atoms with Gasteiger partial charge in [0.1, 0.15) is 11.9 Å². The van der Waals surface area contributed by atoms with Crippen LogP contribution in [0.25, 0.3) is 11.1 Å². The Kier molecular flexibility index (Phi) is 9.18. The summed E-state index contributed by atoms with van der Waals surface area (Å²) in [5.41, 5.74) is 1.83. The van der Waals surface area contributed by atoms with Crippen LogP contribution in [0.2, 0.25) is 0 Å². The van der Waals surface area contributed by atoms with E-state index in [4.69, 9.17) is 4.74 Å². The van der Waals surface area contributed by atoms with Gasteiger partial charge < -0.3 is 20.5 Å². The molecule has 1 aliphatic heterocycles. The van der Waals surface area contributed by atoms with Crippen molar-refractivity contribution in [3.05, 3.63) is 108 Å². The van der Waals surface area contributed by atoms with E-state index in [9.17, 15) is 31.5 Å². The molecule has 0 aliphatic carbocycles. The highest BCUT2D eigenvalue weighted by atomic mass is 32.2. The first-order valence-electron chi connectivity index (χ1n) is 13.7. The third-order valence-electron chi connectivity index (χ3n) is 7.02.